The number of hydrogen-bond acceptors (Lipinski definition) is 3. The number of rotatable bonds is 28. The standard InChI is InChI=1S/C36H69O3P/c1-33(2)25-17-10-7-13-22-30-37-40(39-36-28-20-16-21-29-36,32-24-15-9-12-19-27-35(5)6)38-31-23-14-8-11-18-26-34(3)4/h16,20-21,28-29,33-35,40H,7-15,17-19,22-27,30-32H2,1-6H3. The third kappa shape index (κ3) is 22.0. The number of hydrogen-bond donors (Lipinski definition) is 0. The second-order valence-corrected chi connectivity index (χ2v) is 16.0. The zero-order valence-electron chi connectivity index (χ0n) is 27.7. The second kappa shape index (κ2) is 24.9. The molecule has 0 saturated heterocycles. The van der Waals surface area contributed by atoms with Crippen molar-refractivity contribution in [2.75, 3.05) is 19.4 Å². The Balaban J connectivity index is 2.65. The first-order valence-corrected chi connectivity index (χ1v) is 19.3. The van der Waals surface area contributed by atoms with Crippen LogP contribution in [-0.4, -0.2) is 19.4 Å². The van der Waals surface area contributed by atoms with Crippen molar-refractivity contribution in [1.82, 2.24) is 0 Å². The molecule has 0 aromatic heterocycles. The van der Waals surface area contributed by atoms with E-state index in [0.29, 0.717) is 0 Å². The van der Waals surface area contributed by atoms with E-state index in [4.69, 9.17) is 13.6 Å². The van der Waals surface area contributed by atoms with Gasteiger partial charge < -0.3 is 0 Å². The van der Waals surface area contributed by atoms with Gasteiger partial charge in [0.15, 0.2) is 0 Å². The molecule has 0 radical (unpaired) electrons. The van der Waals surface area contributed by atoms with Crippen LogP contribution in [0.2, 0.25) is 0 Å². The van der Waals surface area contributed by atoms with Crippen molar-refractivity contribution in [2.24, 2.45) is 17.8 Å². The van der Waals surface area contributed by atoms with Gasteiger partial charge in [-0.05, 0) is 0 Å². The fourth-order valence-electron chi connectivity index (χ4n) is 5.21. The fraction of sp³-hybridized carbons (Fsp3) is 0.833. The van der Waals surface area contributed by atoms with Gasteiger partial charge in [-0.15, -0.1) is 0 Å². The summed E-state index contributed by atoms with van der Waals surface area (Å²) in [5.41, 5.74) is 0. The average molecular weight is 581 g/mol. The van der Waals surface area contributed by atoms with Gasteiger partial charge in [-0.25, -0.2) is 0 Å². The van der Waals surface area contributed by atoms with Crippen molar-refractivity contribution in [3.8, 4) is 5.75 Å². The average Bonchev–Trinajstić information content (AvgIpc) is 2.91. The van der Waals surface area contributed by atoms with Crippen LogP contribution in [0.4, 0.5) is 0 Å². The zero-order chi connectivity index (χ0) is 29.3. The van der Waals surface area contributed by atoms with E-state index in [1.54, 1.807) is 0 Å². The number of unbranched alkanes of at least 4 members (excludes halogenated alkanes) is 12. The predicted molar refractivity (Wildman–Crippen MR) is 180 cm³/mol. The maximum absolute atomic E-state index is 6.70. The summed E-state index contributed by atoms with van der Waals surface area (Å²) >= 11 is 0. The van der Waals surface area contributed by atoms with E-state index in [2.05, 4.69) is 65.8 Å². The first-order chi connectivity index (χ1) is 19.3. The van der Waals surface area contributed by atoms with E-state index in [9.17, 15) is 0 Å². The molecule has 0 N–H and O–H groups in total. The van der Waals surface area contributed by atoms with E-state index in [1.165, 1.54) is 96.3 Å². The Morgan fingerprint density at radius 3 is 1.27 bits per heavy atom. The predicted octanol–water partition coefficient (Wildman–Crippen LogP) is 12.6. The molecule has 0 fully saturated rings. The number of para-hydroxylation sites is 1. The van der Waals surface area contributed by atoms with Crippen molar-refractivity contribution in [3.63, 3.8) is 0 Å². The van der Waals surface area contributed by atoms with Crippen molar-refractivity contribution in [2.45, 2.75) is 157 Å². The molecule has 40 heavy (non-hydrogen) atoms. The van der Waals surface area contributed by atoms with Gasteiger partial charge >= 0.3 is 252 Å². The van der Waals surface area contributed by atoms with Crippen LogP contribution in [0.25, 0.3) is 0 Å². The Labute approximate surface area is 251 Å². The van der Waals surface area contributed by atoms with E-state index in [-0.39, 0.29) is 0 Å². The second-order valence-electron chi connectivity index (χ2n) is 13.4. The molecule has 3 nitrogen and oxygen atoms in total. The monoisotopic (exact) mass is 580 g/mol. The Morgan fingerprint density at radius 1 is 0.475 bits per heavy atom. The maximum atomic E-state index is 6.70. The molecule has 1 aromatic rings. The molecule has 0 heterocycles. The Hall–Kier alpha value is -0.630. The molecule has 0 aliphatic carbocycles. The van der Waals surface area contributed by atoms with Crippen LogP contribution in [-0.2, 0) is 9.05 Å². The number of benzene rings is 1. The quantitative estimate of drug-likeness (QED) is 0.0729. The van der Waals surface area contributed by atoms with Crippen LogP contribution in [0.5, 0.6) is 5.75 Å². The first kappa shape index (κ1) is 37.4. The van der Waals surface area contributed by atoms with Crippen LogP contribution in [0.3, 0.4) is 0 Å². The summed E-state index contributed by atoms with van der Waals surface area (Å²) in [7, 11) is -2.80. The minimum absolute atomic E-state index is 0.757. The van der Waals surface area contributed by atoms with Crippen LogP contribution >= 0.6 is 7.94 Å². The third-order valence-electron chi connectivity index (χ3n) is 7.78. The molecular weight excluding hydrogens is 511 g/mol. The summed E-state index contributed by atoms with van der Waals surface area (Å²) in [5, 5.41) is 0. The molecule has 0 atom stereocenters. The van der Waals surface area contributed by atoms with Gasteiger partial charge in [-0.3, -0.25) is 0 Å². The van der Waals surface area contributed by atoms with Gasteiger partial charge in [0.1, 0.15) is 0 Å². The molecule has 0 aliphatic rings. The SMILES string of the molecule is CC(C)CCCCCCCO[PH](CCCCCCCC(C)C)(OCCCCCCCC(C)C)Oc1ccccc1. The molecule has 0 unspecified atom stereocenters. The van der Waals surface area contributed by atoms with Crippen molar-refractivity contribution >= 4 is 7.94 Å². The van der Waals surface area contributed by atoms with E-state index >= 15 is 0 Å². The van der Waals surface area contributed by atoms with Crippen molar-refractivity contribution < 1.29 is 13.6 Å². The summed E-state index contributed by atoms with van der Waals surface area (Å²) in [4.78, 5) is 0. The summed E-state index contributed by atoms with van der Waals surface area (Å²) < 4.78 is 20.1. The fourth-order valence-corrected chi connectivity index (χ4v) is 7.89. The molecule has 0 amide bonds. The van der Waals surface area contributed by atoms with Crippen LogP contribution < -0.4 is 4.52 Å². The van der Waals surface area contributed by atoms with E-state index < -0.39 is 7.94 Å². The van der Waals surface area contributed by atoms with Crippen molar-refractivity contribution in [3.05, 3.63) is 30.3 Å². The molecule has 0 saturated carbocycles. The van der Waals surface area contributed by atoms with Gasteiger partial charge in [0.25, 0.3) is 0 Å². The molecule has 236 valence electrons. The Kier molecular flexibility index (Phi) is 23.3. The normalized spacial score (nSPS) is 12.6. The Morgan fingerprint density at radius 2 is 0.850 bits per heavy atom. The molecular formula is C36H69O3P. The summed E-state index contributed by atoms with van der Waals surface area (Å²) in [6.07, 6.45) is 24.0. The van der Waals surface area contributed by atoms with Crippen LogP contribution in [0, 0.1) is 17.8 Å². The summed E-state index contributed by atoms with van der Waals surface area (Å²) in [6, 6.07) is 10.3. The molecule has 0 aliphatic heterocycles. The molecule has 4 heteroatoms. The van der Waals surface area contributed by atoms with E-state index in [0.717, 1.165) is 62.1 Å². The third-order valence-corrected chi connectivity index (χ3v) is 10.6. The van der Waals surface area contributed by atoms with Crippen molar-refractivity contribution in [1.29, 1.82) is 0 Å². The van der Waals surface area contributed by atoms with Gasteiger partial charge in [0, 0.05) is 0 Å². The van der Waals surface area contributed by atoms with E-state index in [1.807, 2.05) is 6.07 Å². The first-order valence-electron chi connectivity index (χ1n) is 17.3. The summed E-state index contributed by atoms with van der Waals surface area (Å²) in [6.45, 7) is 15.5. The van der Waals surface area contributed by atoms with Crippen LogP contribution in [0.15, 0.2) is 30.3 Å². The molecule has 1 aromatic carbocycles. The summed E-state index contributed by atoms with van der Waals surface area (Å²) in [5.74, 6) is 3.34. The van der Waals surface area contributed by atoms with Gasteiger partial charge in [-0.2, -0.15) is 0 Å². The van der Waals surface area contributed by atoms with Gasteiger partial charge in [0.2, 0.25) is 0 Å². The topological polar surface area (TPSA) is 27.7 Å². The molecule has 1 rings (SSSR count). The zero-order valence-corrected chi connectivity index (χ0v) is 28.7. The molecule has 0 spiro atoms. The van der Waals surface area contributed by atoms with Gasteiger partial charge in [-0.1, -0.05) is 0 Å². The van der Waals surface area contributed by atoms with Crippen LogP contribution in [0.1, 0.15) is 157 Å². The Bertz CT molecular complexity index is 637. The minimum atomic E-state index is -2.80. The molecule has 0 bridgehead atoms. The van der Waals surface area contributed by atoms with Gasteiger partial charge in [0.05, 0.1) is 0 Å².